The van der Waals surface area contributed by atoms with Gasteiger partial charge in [-0.1, -0.05) is 12.2 Å². The predicted molar refractivity (Wildman–Crippen MR) is 56.2 cm³/mol. The minimum Gasteiger partial charge on any atom is -0.478 e. The van der Waals surface area contributed by atoms with Crippen molar-refractivity contribution in [3.8, 4) is 0 Å². The summed E-state index contributed by atoms with van der Waals surface area (Å²) in [6.07, 6.45) is 2.93. The van der Waals surface area contributed by atoms with E-state index in [4.69, 9.17) is 5.11 Å². The average molecular weight is 230 g/mol. The molecule has 0 amide bonds. The molecule has 0 saturated carbocycles. The van der Waals surface area contributed by atoms with Gasteiger partial charge >= 0.3 is 5.97 Å². The summed E-state index contributed by atoms with van der Waals surface area (Å²) in [6, 6.07) is 1.51. The van der Waals surface area contributed by atoms with Crippen molar-refractivity contribution in [2.45, 2.75) is 0 Å². The Morgan fingerprint density at radius 3 is 2.53 bits per heavy atom. The zero-order chi connectivity index (χ0) is 11.4. The molecule has 1 rings (SSSR count). The standard InChI is InChI=1S/C10H8F2O2S/c11-8-4-6(2-1-3-15)7(10(13)14)5-9(8)12/h1-2,4-5,15H,3H2,(H,13,14). The molecule has 15 heavy (non-hydrogen) atoms. The Labute approximate surface area is 90.6 Å². The van der Waals surface area contributed by atoms with Crippen LogP contribution >= 0.6 is 12.6 Å². The van der Waals surface area contributed by atoms with Gasteiger partial charge in [0, 0.05) is 5.75 Å². The number of hydrogen-bond acceptors (Lipinski definition) is 2. The molecular formula is C10H8F2O2S. The maximum Gasteiger partial charge on any atom is 0.336 e. The van der Waals surface area contributed by atoms with Crippen molar-refractivity contribution in [3.63, 3.8) is 0 Å². The zero-order valence-electron chi connectivity index (χ0n) is 7.58. The number of benzene rings is 1. The molecular weight excluding hydrogens is 222 g/mol. The van der Waals surface area contributed by atoms with Crippen LogP contribution in [0.15, 0.2) is 18.2 Å². The lowest BCUT2D eigenvalue weighted by molar-refractivity contribution is 0.0696. The summed E-state index contributed by atoms with van der Waals surface area (Å²) in [7, 11) is 0. The highest BCUT2D eigenvalue weighted by atomic mass is 32.1. The number of aromatic carboxylic acids is 1. The fourth-order valence-corrected chi connectivity index (χ4v) is 1.17. The average Bonchev–Trinajstić information content (AvgIpc) is 2.19. The Hall–Kier alpha value is -1.36. The van der Waals surface area contributed by atoms with E-state index in [0.717, 1.165) is 6.07 Å². The highest BCUT2D eigenvalue weighted by Crippen LogP contribution is 2.16. The summed E-state index contributed by atoms with van der Waals surface area (Å²) in [6.45, 7) is 0. The summed E-state index contributed by atoms with van der Waals surface area (Å²) in [5.74, 6) is -3.15. The summed E-state index contributed by atoms with van der Waals surface area (Å²) in [4.78, 5) is 10.7. The van der Waals surface area contributed by atoms with Gasteiger partial charge in [0.05, 0.1) is 5.56 Å². The Kier molecular flexibility index (Phi) is 3.85. The van der Waals surface area contributed by atoms with Crippen LogP contribution in [-0.2, 0) is 0 Å². The Bertz CT molecular complexity index is 416. The number of halogens is 2. The molecule has 1 aromatic carbocycles. The van der Waals surface area contributed by atoms with Crippen molar-refractivity contribution in [2.24, 2.45) is 0 Å². The van der Waals surface area contributed by atoms with Gasteiger partial charge in [-0.05, 0) is 17.7 Å². The van der Waals surface area contributed by atoms with Gasteiger partial charge < -0.3 is 5.11 Å². The number of hydrogen-bond donors (Lipinski definition) is 2. The van der Waals surface area contributed by atoms with Crippen LogP contribution in [0.4, 0.5) is 8.78 Å². The van der Waals surface area contributed by atoms with Crippen molar-refractivity contribution in [2.75, 3.05) is 5.75 Å². The Balaban J connectivity index is 3.28. The van der Waals surface area contributed by atoms with Gasteiger partial charge in [0.1, 0.15) is 0 Å². The lowest BCUT2D eigenvalue weighted by atomic mass is 10.1. The minimum absolute atomic E-state index is 0.121. The number of thiol groups is 1. The second-order valence-corrected chi connectivity index (χ2v) is 3.11. The van der Waals surface area contributed by atoms with Crippen molar-refractivity contribution < 1.29 is 18.7 Å². The minimum atomic E-state index is -1.30. The zero-order valence-corrected chi connectivity index (χ0v) is 8.47. The maximum absolute atomic E-state index is 12.8. The van der Waals surface area contributed by atoms with Crippen molar-refractivity contribution in [1.29, 1.82) is 0 Å². The third kappa shape index (κ3) is 2.79. The molecule has 0 aliphatic rings. The second-order valence-electron chi connectivity index (χ2n) is 2.74. The topological polar surface area (TPSA) is 37.3 Å². The number of carboxylic acid groups (broad SMARTS) is 1. The molecule has 0 radical (unpaired) electrons. The molecule has 2 nitrogen and oxygen atoms in total. The monoisotopic (exact) mass is 230 g/mol. The number of rotatable bonds is 3. The van der Waals surface area contributed by atoms with Crippen molar-refractivity contribution in [1.82, 2.24) is 0 Å². The van der Waals surface area contributed by atoms with E-state index in [9.17, 15) is 13.6 Å². The molecule has 0 saturated heterocycles. The number of carboxylic acids is 1. The lowest BCUT2D eigenvalue weighted by Crippen LogP contribution is -2.02. The normalized spacial score (nSPS) is 10.9. The van der Waals surface area contributed by atoms with Crippen LogP contribution in [0.5, 0.6) is 0 Å². The van der Waals surface area contributed by atoms with Gasteiger partial charge in [-0.15, -0.1) is 0 Å². The molecule has 0 spiro atoms. The molecule has 5 heteroatoms. The first-order valence-corrected chi connectivity index (χ1v) is 4.69. The van der Waals surface area contributed by atoms with E-state index in [1.165, 1.54) is 6.08 Å². The van der Waals surface area contributed by atoms with Crippen LogP contribution in [0.2, 0.25) is 0 Å². The van der Waals surface area contributed by atoms with Crippen molar-refractivity contribution in [3.05, 3.63) is 41.0 Å². The highest BCUT2D eigenvalue weighted by Gasteiger charge is 2.13. The van der Waals surface area contributed by atoms with Gasteiger partial charge in [-0.25, -0.2) is 13.6 Å². The molecule has 0 aromatic heterocycles. The van der Waals surface area contributed by atoms with E-state index in [-0.39, 0.29) is 11.1 Å². The summed E-state index contributed by atoms with van der Waals surface area (Å²) in [5.41, 5.74) is -0.151. The van der Waals surface area contributed by atoms with E-state index >= 15 is 0 Å². The third-order valence-corrected chi connectivity index (χ3v) is 1.94. The van der Waals surface area contributed by atoms with E-state index in [2.05, 4.69) is 12.6 Å². The Morgan fingerprint density at radius 2 is 2.00 bits per heavy atom. The summed E-state index contributed by atoms with van der Waals surface area (Å²) >= 11 is 3.88. The molecule has 1 aromatic rings. The highest BCUT2D eigenvalue weighted by molar-refractivity contribution is 7.80. The van der Waals surface area contributed by atoms with Crippen LogP contribution in [0.1, 0.15) is 15.9 Å². The summed E-state index contributed by atoms with van der Waals surface area (Å²) < 4.78 is 25.6. The van der Waals surface area contributed by atoms with Crippen LogP contribution < -0.4 is 0 Å². The van der Waals surface area contributed by atoms with Gasteiger partial charge in [-0.2, -0.15) is 12.6 Å². The second kappa shape index (κ2) is 4.93. The molecule has 0 heterocycles. The molecule has 0 aliphatic heterocycles. The SMILES string of the molecule is O=C(O)c1cc(F)c(F)cc1C=CCS. The van der Waals surface area contributed by atoms with Crippen molar-refractivity contribution >= 4 is 24.7 Å². The van der Waals surface area contributed by atoms with Crippen LogP contribution in [0, 0.1) is 11.6 Å². The van der Waals surface area contributed by atoms with E-state index in [1.54, 1.807) is 6.08 Å². The lowest BCUT2D eigenvalue weighted by Gasteiger charge is -2.02. The predicted octanol–water partition coefficient (Wildman–Crippen LogP) is 2.61. The largest absolute Gasteiger partial charge is 0.478 e. The van der Waals surface area contributed by atoms with E-state index < -0.39 is 17.6 Å². The first-order chi connectivity index (χ1) is 7.06. The van der Waals surface area contributed by atoms with Gasteiger partial charge in [0.15, 0.2) is 11.6 Å². The quantitative estimate of drug-likeness (QED) is 0.783. The smallest absolute Gasteiger partial charge is 0.336 e. The number of carbonyl (C=O) groups is 1. The molecule has 0 atom stereocenters. The summed E-state index contributed by atoms with van der Waals surface area (Å²) in [5, 5.41) is 8.74. The molecule has 0 bridgehead atoms. The first kappa shape index (κ1) is 11.7. The van der Waals surface area contributed by atoms with Crippen LogP contribution in [0.25, 0.3) is 6.08 Å². The molecule has 0 unspecified atom stereocenters. The van der Waals surface area contributed by atoms with E-state index in [0.29, 0.717) is 11.8 Å². The van der Waals surface area contributed by atoms with Crippen LogP contribution in [-0.4, -0.2) is 16.8 Å². The molecule has 0 fully saturated rings. The maximum atomic E-state index is 12.8. The van der Waals surface area contributed by atoms with Gasteiger partial charge in [0.2, 0.25) is 0 Å². The molecule has 1 N–H and O–H groups in total. The van der Waals surface area contributed by atoms with Gasteiger partial charge in [-0.3, -0.25) is 0 Å². The Morgan fingerprint density at radius 1 is 1.40 bits per heavy atom. The fraction of sp³-hybridized carbons (Fsp3) is 0.100. The third-order valence-electron chi connectivity index (χ3n) is 1.73. The van der Waals surface area contributed by atoms with E-state index in [1.807, 2.05) is 0 Å². The molecule has 80 valence electrons. The first-order valence-electron chi connectivity index (χ1n) is 4.06. The van der Waals surface area contributed by atoms with Gasteiger partial charge in [0.25, 0.3) is 0 Å². The fourth-order valence-electron chi connectivity index (χ4n) is 1.06. The van der Waals surface area contributed by atoms with Crippen LogP contribution in [0.3, 0.4) is 0 Å². The molecule has 0 aliphatic carbocycles.